The van der Waals surface area contributed by atoms with Crippen LogP contribution in [0.4, 0.5) is 0 Å². The van der Waals surface area contributed by atoms with Gasteiger partial charge in [-0.1, -0.05) is 64.7 Å². The lowest BCUT2D eigenvalue weighted by molar-refractivity contribution is 0.280. The zero-order chi connectivity index (χ0) is 17.1. The molecule has 0 rings (SSSR count). The average molecular weight is 323 g/mol. The van der Waals surface area contributed by atoms with E-state index >= 15 is 0 Å². The fourth-order valence-electron chi connectivity index (χ4n) is 1.46. The Morgan fingerprint density at radius 1 is 1.18 bits per heavy atom. The molecule has 0 bridgehead atoms. The molecule has 0 aliphatic heterocycles. The van der Waals surface area contributed by atoms with Gasteiger partial charge in [0.05, 0.1) is 6.61 Å². The fraction of sp³-hybridized carbons (Fsp3) is 0.684. The number of allylic oxidation sites excluding steroid dienone is 2. The molecule has 0 aliphatic carbocycles. The summed E-state index contributed by atoms with van der Waals surface area (Å²) in [6, 6.07) is 0. The third-order valence-electron chi connectivity index (χ3n) is 4.04. The van der Waals surface area contributed by atoms with Crippen molar-refractivity contribution in [3.8, 4) is 11.8 Å². The Kier molecular flexibility index (Phi) is 10.4. The molecule has 0 aromatic heterocycles. The summed E-state index contributed by atoms with van der Waals surface area (Å²) in [6.07, 6.45) is 11.2. The summed E-state index contributed by atoms with van der Waals surface area (Å²) in [5.74, 6) is 5.85. The van der Waals surface area contributed by atoms with Crippen molar-refractivity contribution in [3.05, 3.63) is 24.3 Å². The smallest absolute Gasteiger partial charge is 0.192 e. The van der Waals surface area contributed by atoms with Gasteiger partial charge in [0.15, 0.2) is 8.32 Å². The van der Waals surface area contributed by atoms with Gasteiger partial charge in [0.25, 0.3) is 0 Å². The highest BCUT2D eigenvalue weighted by molar-refractivity contribution is 6.74. The summed E-state index contributed by atoms with van der Waals surface area (Å²) in [5, 5.41) is 9.92. The monoisotopic (exact) mass is 322 g/mol. The summed E-state index contributed by atoms with van der Waals surface area (Å²) in [6.45, 7) is 14.0. The lowest BCUT2D eigenvalue weighted by Crippen LogP contribution is -2.40. The molecule has 3 heteroatoms. The van der Waals surface area contributed by atoms with Gasteiger partial charge >= 0.3 is 0 Å². The van der Waals surface area contributed by atoms with Crippen LogP contribution in [0.2, 0.25) is 18.1 Å². The van der Waals surface area contributed by atoms with Crippen molar-refractivity contribution in [1.29, 1.82) is 0 Å². The number of hydrogen-bond donors (Lipinski definition) is 1. The van der Waals surface area contributed by atoms with Crippen molar-refractivity contribution in [2.24, 2.45) is 0 Å². The maximum atomic E-state index is 9.68. The molecule has 0 spiro atoms. The highest BCUT2D eigenvalue weighted by Gasteiger charge is 2.36. The van der Waals surface area contributed by atoms with Crippen LogP contribution in [0.25, 0.3) is 0 Å². The van der Waals surface area contributed by atoms with Gasteiger partial charge in [-0.05, 0) is 30.6 Å². The van der Waals surface area contributed by atoms with Crippen LogP contribution < -0.4 is 0 Å². The second kappa shape index (κ2) is 10.8. The zero-order valence-electron chi connectivity index (χ0n) is 15.3. The van der Waals surface area contributed by atoms with E-state index in [9.17, 15) is 5.11 Å². The lowest BCUT2D eigenvalue weighted by Gasteiger charge is -2.35. The Morgan fingerprint density at radius 3 is 2.45 bits per heavy atom. The van der Waals surface area contributed by atoms with Crippen molar-refractivity contribution in [1.82, 2.24) is 0 Å². The third kappa shape index (κ3) is 10.00. The van der Waals surface area contributed by atoms with Gasteiger partial charge in [0.2, 0.25) is 0 Å². The van der Waals surface area contributed by atoms with Gasteiger partial charge in [-0.25, -0.2) is 0 Å². The minimum atomic E-state index is -1.66. The molecule has 0 aromatic rings. The first-order valence-electron chi connectivity index (χ1n) is 8.34. The summed E-state index contributed by atoms with van der Waals surface area (Å²) in [4.78, 5) is 0. The number of rotatable bonds is 8. The quantitative estimate of drug-likeness (QED) is 0.293. The van der Waals surface area contributed by atoms with Gasteiger partial charge < -0.3 is 9.53 Å². The SMILES string of the molecule is CCCCCC#CC(O)/C=C\C=C\CO[Si](C)(C)C(C)(C)C. The van der Waals surface area contributed by atoms with E-state index in [0.29, 0.717) is 6.61 Å². The lowest BCUT2D eigenvalue weighted by atomic mass is 10.2. The minimum absolute atomic E-state index is 0.236. The van der Waals surface area contributed by atoms with E-state index in [1.165, 1.54) is 12.8 Å². The van der Waals surface area contributed by atoms with Crippen LogP contribution in [0.3, 0.4) is 0 Å². The number of unbranched alkanes of at least 4 members (excludes halogenated alkanes) is 3. The van der Waals surface area contributed by atoms with E-state index in [0.717, 1.165) is 12.8 Å². The molecule has 0 aliphatic rings. The predicted octanol–water partition coefficient (Wildman–Crippen LogP) is 5.07. The van der Waals surface area contributed by atoms with E-state index in [2.05, 4.69) is 52.6 Å². The first-order valence-corrected chi connectivity index (χ1v) is 11.3. The highest BCUT2D eigenvalue weighted by atomic mass is 28.4. The molecule has 0 saturated heterocycles. The number of aliphatic hydroxyl groups is 1. The first-order chi connectivity index (χ1) is 10.2. The van der Waals surface area contributed by atoms with E-state index in [-0.39, 0.29) is 5.04 Å². The van der Waals surface area contributed by atoms with Gasteiger partial charge in [-0.3, -0.25) is 0 Å². The fourth-order valence-corrected chi connectivity index (χ4v) is 2.41. The van der Waals surface area contributed by atoms with Crippen LogP contribution in [0.15, 0.2) is 24.3 Å². The molecule has 22 heavy (non-hydrogen) atoms. The number of hydrogen-bond acceptors (Lipinski definition) is 2. The largest absolute Gasteiger partial charge is 0.413 e. The Labute approximate surface area is 138 Å². The molecule has 1 N–H and O–H groups in total. The van der Waals surface area contributed by atoms with Crippen LogP contribution in [-0.2, 0) is 4.43 Å². The Bertz CT molecular complexity index is 405. The van der Waals surface area contributed by atoms with Crippen LogP contribution in [0, 0.1) is 11.8 Å². The maximum absolute atomic E-state index is 9.68. The Hall–Kier alpha value is -0.823. The second-order valence-electron chi connectivity index (χ2n) is 7.11. The molecule has 0 aromatic carbocycles. The molecule has 0 amide bonds. The van der Waals surface area contributed by atoms with Crippen molar-refractivity contribution in [2.45, 2.75) is 77.6 Å². The summed E-state index contributed by atoms with van der Waals surface area (Å²) in [5.41, 5.74) is 0. The maximum Gasteiger partial charge on any atom is 0.192 e. The molecule has 0 saturated carbocycles. The van der Waals surface area contributed by atoms with Gasteiger partial charge in [0.1, 0.15) is 6.10 Å². The Morgan fingerprint density at radius 2 is 1.86 bits per heavy atom. The van der Waals surface area contributed by atoms with Crippen LogP contribution in [0.1, 0.15) is 53.4 Å². The molecular weight excluding hydrogens is 288 g/mol. The average Bonchev–Trinajstić information content (AvgIpc) is 2.41. The summed E-state index contributed by atoms with van der Waals surface area (Å²) in [7, 11) is -1.66. The second-order valence-corrected chi connectivity index (χ2v) is 11.9. The predicted molar refractivity (Wildman–Crippen MR) is 99.4 cm³/mol. The topological polar surface area (TPSA) is 29.5 Å². The van der Waals surface area contributed by atoms with Gasteiger partial charge in [-0.15, -0.1) is 5.92 Å². The minimum Gasteiger partial charge on any atom is -0.413 e. The van der Waals surface area contributed by atoms with E-state index in [1.54, 1.807) is 6.08 Å². The normalized spacial score (nSPS) is 14.3. The third-order valence-corrected chi connectivity index (χ3v) is 8.54. The Balaban J connectivity index is 4.02. The van der Waals surface area contributed by atoms with Crippen molar-refractivity contribution in [2.75, 3.05) is 6.61 Å². The van der Waals surface area contributed by atoms with Gasteiger partial charge in [0, 0.05) is 6.42 Å². The molecular formula is C19H34O2Si. The molecule has 0 radical (unpaired) electrons. The molecule has 2 nitrogen and oxygen atoms in total. The van der Waals surface area contributed by atoms with E-state index < -0.39 is 14.4 Å². The molecule has 1 atom stereocenters. The van der Waals surface area contributed by atoms with Crippen LogP contribution >= 0.6 is 0 Å². The molecule has 1 unspecified atom stereocenters. The highest BCUT2D eigenvalue weighted by Crippen LogP contribution is 2.36. The van der Waals surface area contributed by atoms with Crippen molar-refractivity contribution >= 4 is 8.32 Å². The van der Waals surface area contributed by atoms with Crippen molar-refractivity contribution < 1.29 is 9.53 Å². The first kappa shape index (κ1) is 21.2. The number of aliphatic hydroxyl groups excluding tert-OH is 1. The van der Waals surface area contributed by atoms with E-state index in [4.69, 9.17) is 4.43 Å². The standard InChI is InChI=1S/C19H34O2Si/c1-7-8-9-10-12-15-18(20)16-13-11-14-17-21-22(5,6)19(2,3)4/h11,13-14,16,18,20H,7-10,17H2,1-6H3/b14-11+,16-13-. The van der Waals surface area contributed by atoms with Gasteiger partial charge in [-0.2, -0.15) is 0 Å². The zero-order valence-corrected chi connectivity index (χ0v) is 16.3. The summed E-state index contributed by atoms with van der Waals surface area (Å²) < 4.78 is 6.03. The van der Waals surface area contributed by atoms with Crippen LogP contribution in [0.5, 0.6) is 0 Å². The summed E-state index contributed by atoms with van der Waals surface area (Å²) >= 11 is 0. The van der Waals surface area contributed by atoms with E-state index in [1.807, 2.05) is 18.2 Å². The molecule has 0 heterocycles. The van der Waals surface area contributed by atoms with Crippen molar-refractivity contribution in [3.63, 3.8) is 0 Å². The molecule has 126 valence electrons. The van der Waals surface area contributed by atoms with Crippen LogP contribution in [-0.4, -0.2) is 26.1 Å². The molecule has 0 fully saturated rings.